The molecule has 1 aliphatic heterocycles. The van der Waals surface area contributed by atoms with Crippen molar-refractivity contribution in [1.82, 2.24) is 10.2 Å². The van der Waals surface area contributed by atoms with Crippen LogP contribution in [-0.4, -0.2) is 47.8 Å². The summed E-state index contributed by atoms with van der Waals surface area (Å²) in [5, 5.41) is 7.87. The minimum Gasteiger partial charge on any atom is -0.336 e. The smallest absolute Gasteiger partial charge is 0.171 e. The number of rotatable bonds is 4. The Bertz CT molecular complexity index is 619. The highest BCUT2D eigenvalue weighted by molar-refractivity contribution is 8.01. The number of nitrogens with two attached hydrogens (primary N) is 1. The van der Waals surface area contributed by atoms with Gasteiger partial charge in [0.25, 0.3) is 0 Å². The third kappa shape index (κ3) is 3.17. The first kappa shape index (κ1) is 16.5. The largest absolute Gasteiger partial charge is 0.336 e. The van der Waals surface area contributed by atoms with E-state index in [0.717, 1.165) is 22.6 Å². The SMILES string of the molecule is CCS(=O)(=O)C1CSCCN1c1nnc(C)c(C)c1CN. The van der Waals surface area contributed by atoms with Crippen molar-refractivity contribution in [1.29, 1.82) is 0 Å². The fourth-order valence-electron chi connectivity index (χ4n) is 2.43. The van der Waals surface area contributed by atoms with Gasteiger partial charge in [0.15, 0.2) is 15.7 Å². The lowest BCUT2D eigenvalue weighted by molar-refractivity contribution is 0.578. The summed E-state index contributed by atoms with van der Waals surface area (Å²) in [4.78, 5) is 1.87. The van der Waals surface area contributed by atoms with Crippen LogP contribution in [0.5, 0.6) is 0 Å². The topological polar surface area (TPSA) is 89.2 Å². The van der Waals surface area contributed by atoms with Gasteiger partial charge in [-0.15, -0.1) is 5.10 Å². The van der Waals surface area contributed by atoms with Gasteiger partial charge in [-0.05, 0) is 19.4 Å². The number of aryl methyl sites for hydroxylation is 1. The van der Waals surface area contributed by atoms with E-state index in [-0.39, 0.29) is 5.75 Å². The molecule has 0 saturated carbocycles. The van der Waals surface area contributed by atoms with Gasteiger partial charge < -0.3 is 10.6 Å². The molecular formula is C13H22N4O2S2. The molecule has 1 aliphatic rings. The zero-order valence-corrected chi connectivity index (χ0v) is 14.3. The Morgan fingerprint density at radius 2 is 2.10 bits per heavy atom. The molecule has 21 heavy (non-hydrogen) atoms. The summed E-state index contributed by atoms with van der Waals surface area (Å²) in [5.74, 6) is 2.21. The molecule has 6 nitrogen and oxygen atoms in total. The Kier molecular flexibility index (Phi) is 5.11. The zero-order valence-electron chi connectivity index (χ0n) is 12.7. The Morgan fingerprint density at radius 1 is 1.38 bits per heavy atom. The second-order valence-electron chi connectivity index (χ2n) is 5.09. The van der Waals surface area contributed by atoms with Crippen LogP contribution in [-0.2, 0) is 16.4 Å². The minimum atomic E-state index is -3.17. The van der Waals surface area contributed by atoms with Crippen LogP contribution in [0.3, 0.4) is 0 Å². The van der Waals surface area contributed by atoms with Crippen molar-refractivity contribution >= 4 is 27.4 Å². The average Bonchev–Trinajstić information content (AvgIpc) is 2.50. The van der Waals surface area contributed by atoms with Crippen LogP contribution in [0, 0.1) is 13.8 Å². The number of hydrogen-bond donors (Lipinski definition) is 1. The maximum Gasteiger partial charge on any atom is 0.171 e. The highest BCUT2D eigenvalue weighted by atomic mass is 32.2. The highest BCUT2D eigenvalue weighted by Gasteiger charge is 2.35. The first-order valence-corrected chi connectivity index (χ1v) is 9.88. The van der Waals surface area contributed by atoms with Crippen LogP contribution in [0.2, 0.25) is 0 Å². The van der Waals surface area contributed by atoms with Crippen molar-refractivity contribution < 1.29 is 8.42 Å². The number of aromatic nitrogens is 2. The first-order chi connectivity index (χ1) is 9.92. The van der Waals surface area contributed by atoms with Crippen LogP contribution >= 0.6 is 11.8 Å². The van der Waals surface area contributed by atoms with Crippen LogP contribution in [0.4, 0.5) is 5.82 Å². The van der Waals surface area contributed by atoms with Gasteiger partial charge in [-0.2, -0.15) is 16.9 Å². The molecule has 1 saturated heterocycles. The van der Waals surface area contributed by atoms with Gasteiger partial charge in [0.1, 0.15) is 5.37 Å². The number of nitrogens with zero attached hydrogens (tertiary/aromatic N) is 3. The molecule has 0 bridgehead atoms. The number of thioether (sulfide) groups is 1. The minimum absolute atomic E-state index is 0.130. The Balaban J connectivity index is 2.50. The molecule has 0 amide bonds. The third-order valence-corrected chi connectivity index (χ3v) is 7.23. The molecule has 2 rings (SSSR count). The monoisotopic (exact) mass is 330 g/mol. The standard InChI is InChI=1S/C13H22N4O2S2/c1-4-21(18,19)12-8-20-6-5-17(12)13-11(7-14)9(2)10(3)15-16-13/h12H,4-8,14H2,1-3H3. The fraction of sp³-hybridized carbons (Fsp3) is 0.692. The molecule has 0 aromatic carbocycles. The Labute approximate surface area is 130 Å². The molecule has 1 fully saturated rings. The third-order valence-electron chi connectivity index (χ3n) is 3.94. The maximum absolute atomic E-state index is 12.4. The molecule has 0 radical (unpaired) electrons. The van der Waals surface area contributed by atoms with Crippen molar-refractivity contribution in [3.63, 3.8) is 0 Å². The summed E-state index contributed by atoms with van der Waals surface area (Å²) in [6.45, 7) is 6.51. The van der Waals surface area contributed by atoms with E-state index in [0.29, 0.717) is 24.7 Å². The van der Waals surface area contributed by atoms with E-state index >= 15 is 0 Å². The van der Waals surface area contributed by atoms with E-state index in [9.17, 15) is 8.42 Å². The van der Waals surface area contributed by atoms with E-state index < -0.39 is 15.2 Å². The van der Waals surface area contributed by atoms with Gasteiger partial charge in [-0.3, -0.25) is 0 Å². The molecule has 0 spiro atoms. The maximum atomic E-state index is 12.4. The predicted molar refractivity (Wildman–Crippen MR) is 87.3 cm³/mol. The molecule has 8 heteroatoms. The zero-order chi connectivity index (χ0) is 15.6. The van der Waals surface area contributed by atoms with Crippen LogP contribution in [0.1, 0.15) is 23.7 Å². The van der Waals surface area contributed by atoms with Crippen LogP contribution < -0.4 is 10.6 Å². The Hall–Kier alpha value is -0.860. The summed E-state index contributed by atoms with van der Waals surface area (Å²) in [5.41, 5.74) is 8.59. The quantitative estimate of drug-likeness (QED) is 0.876. The summed E-state index contributed by atoms with van der Waals surface area (Å²) in [6.07, 6.45) is 0. The van der Waals surface area contributed by atoms with E-state index in [1.165, 1.54) is 0 Å². The Morgan fingerprint density at radius 3 is 2.71 bits per heavy atom. The molecule has 1 unspecified atom stereocenters. The second kappa shape index (κ2) is 6.50. The van der Waals surface area contributed by atoms with Crippen LogP contribution in [0.15, 0.2) is 0 Å². The highest BCUT2D eigenvalue weighted by Crippen LogP contribution is 2.29. The number of hydrogen-bond acceptors (Lipinski definition) is 7. The van der Waals surface area contributed by atoms with Crippen molar-refractivity contribution in [3.05, 3.63) is 16.8 Å². The van der Waals surface area contributed by atoms with Gasteiger partial charge in [-0.25, -0.2) is 8.42 Å². The van der Waals surface area contributed by atoms with Crippen molar-refractivity contribution in [2.75, 3.05) is 28.7 Å². The lowest BCUT2D eigenvalue weighted by Crippen LogP contribution is -2.49. The van der Waals surface area contributed by atoms with E-state index in [4.69, 9.17) is 5.73 Å². The summed E-state index contributed by atoms with van der Waals surface area (Å²) in [6, 6.07) is 0. The van der Waals surface area contributed by atoms with Crippen molar-refractivity contribution in [2.24, 2.45) is 5.73 Å². The molecule has 1 atom stereocenters. The van der Waals surface area contributed by atoms with Gasteiger partial charge in [-0.1, -0.05) is 6.92 Å². The van der Waals surface area contributed by atoms with Crippen molar-refractivity contribution in [2.45, 2.75) is 32.7 Å². The van der Waals surface area contributed by atoms with E-state index in [1.54, 1.807) is 18.7 Å². The molecule has 118 valence electrons. The molecule has 2 heterocycles. The summed E-state index contributed by atoms with van der Waals surface area (Å²) in [7, 11) is -3.17. The van der Waals surface area contributed by atoms with Gasteiger partial charge in [0, 0.05) is 35.9 Å². The van der Waals surface area contributed by atoms with Gasteiger partial charge >= 0.3 is 0 Å². The van der Waals surface area contributed by atoms with Gasteiger partial charge in [0.2, 0.25) is 0 Å². The molecule has 0 aliphatic carbocycles. The number of sulfone groups is 1. The summed E-state index contributed by atoms with van der Waals surface area (Å²) >= 11 is 1.66. The normalized spacial score (nSPS) is 19.8. The van der Waals surface area contributed by atoms with Crippen molar-refractivity contribution in [3.8, 4) is 0 Å². The lowest BCUT2D eigenvalue weighted by Gasteiger charge is -2.36. The number of anilines is 1. The molecule has 1 aromatic heterocycles. The molecular weight excluding hydrogens is 308 g/mol. The molecule has 1 aromatic rings. The first-order valence-electron chi connectivity index (χ1n) is 7.01. The summed E-state index contributed by atoms with van der Waals surface area (Å²) < 4.78 is 24.7. The fourth-order valence-corrected chi connectivity index (χ4v) is 5.40. The lowest BCUT2D eigenvalue weighted by atomic mass is 10.1. The van der Waals surface area contributed by atoms with E-state index in [2.05, 4.69) is 10.2 Å². The second-order valence-corrected chi connectivity index (χ2v) is 8.69. The van der Waals surface area contributed by atoms with Gasteiger partial charge in [0.05, 0.1) is 5.69 Å². The van der Waals surface area contributed by atoms with E-state index in [1.807, 2.05) is 18.7 Å². The predicted octanol–water partition coefficient (Wildman–Crippen LogP) is 0.866. The van der Waals surface area contributed by atoms with Crippen LogP contribution in [0.25, 0.3) is 0 Å². The molecule has 2 N–H and O–H groups in total. The average molecular weight is 330 g/mol.